The maximum atomic E-state index is 13.9. The maximum absolute atomic E-state index is 13.9. The smallest absolute Gasteiger partial charge is 0.270 e. The molecule has 0 aliphatic carbocycles. The van der Waals surface area contributed by atoms with Gasteiger partial charge in [0.15, 0.2) is 9.84 Å². The van der Waals surface area contributed by atoms with E-state index in [9.17, 15) is 22.9 Å². The summed E-state index contributed by atoms with van der Waals surface area (Å²) in [6.45, 7) is 0.103. The normalized spacial score (nSPS) is 11.3. The van der Waals surface area contributed by atoms with Gasteiger partial charge < -0.3 is 4.90 Å². The number of rotatable bonds is 5. The van der Waals surface area contributed by atoms with Gasteiger partial charge in [-0.3, -0.25) is 10.1 Å². The number of nitrogens with zero attached hydrogens (tertiary/aromatic N) is 2. The Labute approximate surface area is 147 Å². The first-order chi connectivity index (χ1) is 11.1. The SMILES string of the molecule is CN(Cc1cc(Br)ccc1F)c1ccc([N+](=O)[O-])cc1S(C)(=O)=O. The third kappa shape index (κ3) is 4.09. The molecule has 0 saturated carbocycles. The molecule has 128 valence electrons. The van der Waals surface area contributed by atoms with E-state index in [1.165, 1.54) is 23.1 Å². The number of anilines is 1. The van der Waals surface area contributed by atoms with Crippen LogP contribution in [-0.2, 0) is 16.4 Å². The topological polar surface area (TPSA) is 80.5 Å². The van der Waals surface area contributed by atoms with Crippen LogP contribution < -0.4 is 4.90 Å². The minimum Gasteiger partial charge on any atom is -0.369 e. The fraction of sp³-hybridized carbons (Fsp3) is 0.200. The molecule has 0 fully saturated rings. The second-order valence-corrected chi connectivity index (χ2v) is 8.17. The molecule has 2 aromatic rings. The molecule has 9 heteroatoms. The number of halogens is 2. The lowest BCUT2D eigenvalue weighted by atomic mass is 10.2. The summed E-state index contributed by atoms with van der Waals surface area (Å²) in [5.41, 5.74) is 0.313. The van der Waals surface area contributed by atoms with Crippen molar-refractivity contribution in [2.24, 2.45) is 0 Å². The Bertz CT molecular complexity index is 902. The minimum atomic E-state index is -3.69. The standard InChI is InChI=1S/C15H14BrFN2O4S/c1-18(9-10-7-11(16)3-5-13(10)17)14-6-4-12(19(20)21)8-15(14)24(2,22)23/h3-8H,9H2,1-2H3. The lowest BCUT2D eigenvalue weighted by Gasteiger charge is -2.22. The van der Waals surface area contributed by atoms with Gasteiger partial charge in [0.1, 0.15) is 5.82 Å². The zero-order valence-corrected chi connectivity index (χ0v) is 15.3. The Morgan fingerprint density at radius 1 is 1.25 bits per heavy atom. The van der Waals surface area contributed by atoms with E-state index < -0.39 is 20.6 Å². The summed E-state index contributed by atoms with van der Waals surface area (Å²) in [6.07, 6.45) is 0.975. The average Bonchev–Trinajstić information content (AvgIpc) is 2.49. The molecule has 0 aliphatic heterocycles. The Hall–Kier alpha value is -2.00. The molecule has 0 aliphatic rings. The third-order valence-electron chi connectivity index (χ3n) is 3.38. The molecule has 2 aromatic carbocycles. The van der Waals surface area contributed by atoms with Crippen LogP contribution in [0.1, 0.15) is 5.56 Å². The number of hydrogen-bond donors (Lipinski definition) is 0. The lowest BCUT2D eigenvalue weighted by molar-refractivity contribution is -0.385. The van der Waals surface area contributed by atoms with E-state index >= 15 is 0 Å². The highest BCUT2D eigenvalue weighted by Gasteiger charge is 2.21. The van der Waals surface area contributed by atoms with Crippen LogP contribution in [0.5, 0.6) is 0 Å². The molecule has 0 atom stereocenters. The fourth-order valence-electron chi connectivity index (χ4n) is 2.23. The highest BCUT2D eigenvalue weighted by molar-refractivity contribution is 9.10. The summed E-state index contributed by atoms with van der Waals surface area (Å²) < 4.78 is 38.5. The molecule has 0 heterocycles. The van der Waals surface area contributed by atoms with Gasteiger partial charge in [-0.1, -0.05) is 15.9 Å². The van der Waals surface area contributed by atoms with Crippen LogP contribution in [0.25, 0.3) is 0 Å². The van der Waals surface area contributed by atoms with E-state index in [1.54, 1.807) is 19.2 Å². The molecule has 0 spiro atoms. The van der Waals surface area contributed by atoms with E-state index in [1.807, 2.05) is 0 Å². The van der Waals surface area contributed by atoms with Crippen molar-refractivity contribution in [3.63, 3.8) is 0 Å². The molecule has 0 saturated heterocycles. The van der Waals surface area contributed by atoms with Crippen LogP contribution in [0.15, 0.2) is 45.8 Å². The Balaban J connectivity index is 2.47. The molecule has 2 rings (SSSR count). The quantitative estimate of drug-likeness (QED) is 0.549. The van der Waals surface area contributed by atoms with Gasteiger partial charge in [0, 0.05) is 42.0 Å². The number of sulfone groups is 1. The van der Waals surface area contributed by atoms with Crippen molar-refractivity contribution in [1.82, 2.24) is 0 Å². The summed E-state index contributed by atoms with van der Waals surface area (Å²) in [5, 5.41) is 10.9. The summed E-state index contributed by atoms with van der Waals surface area (Å²) in [7, 11) is -2.10. The average molecular weight is 417 g/mol. The van der Waals surface area contributed by atoms with Gasteiger partial charge in [0.2, 0.25) is 0 Å². The first-order valence-electron chi connectivity index (χ1n) is 6.73. The molecule has 24 heavy (non-hydrogen) atoms. The van der Waals surface area contributed by atoms with E-state index in [0.29, 0.717) is 10.0 Å². The summed E-state index contributed by atoms with van der Waals surface area (Å²) in [5.74, 6) is -0.423. The number of nitro benzene ring substituents is 1. The van der Waals surface area contributed by atoms with E-state index in [2.05, 4.69) is 15.9 Å². The molecule has 0 aromatic heterocycles. The van der Waals surface area contributed by atoms with E-state index in [4.69, 9.17) is 0 Å². The summed E-state index contributed by atoms with van der Waals surface area (Å²) in [4.78, 5) is 11.6. The van der Waals surface area contributed by atoms with Crippen LogP contribution in [0.4, 0.5) is 15.8 Å². The molecule has 0 unspecified atom stereocenters. The van der Waals surface area contributed by atoms with Gasteiger partial charge in [-0.2, -0.15) is 0 Å². The fourth-order valence-corrected chi connectivity index (χ4v) is 3.58. The lowest BCUT2D eigenvalue weighted by Crippen LogP contribution is -2.20. The van der Waals surface area contributed by atoms with Gasteiger partial charge in [-0.15, -0.1) is 0 Å². The zero-order valence-electron chi connectivity index (χ0n) is 12.9. The number of hydrogen-bond acceptors (Lipinski definition) is 5. The highest BCUT2D eigenvalue weighted by Crippen LogP contribution is 2.30. The molecular weight excluding hydrogens is 403 g/mol. The minimum absolute atomic E-state index is 0.103. The molecule has 0 N–H and O–H groups in total. The van der Waals surface area contributed by atoms with E-state index in [-0.39, 0.29) is 22.8 Å². The van der Waals surface area contributed by atoms with Crippen LogP contribution >= 0.6 is 15.9 Å². The third-order valence-corrected chi connectivity index (χ3v) is 5.00. The predicted molar refractivity (Wildman–Crippen MR) is 92.4 cm³/mol. The first-order valence-corrected chi connectivity index (χ1v) is 9.41. The molecule has 0 radical (unpaired) electrons. The maximum Gasteiger partial charge on any atom is 0.270 e. The van der Waals surface area contributed by atoms with Gasteiger partial charge in [0.25, 0.3) is 5.69 Å². The number of nitro groups is 1. The van der Waals surface area contributed by atoms with Crippen molar-refractivity contribution in [2.75, 3.05) is 18.2 Å². The van der Waals surface area contributed by atoms with Gasteiger partial charge in [0.05, 0.1) is 15.5 Å². The van der Waals surface area contributed by atoms with E-state index in [0.717, 1.165) is 12.3 Å². The van der Waals surface area contributed by atoms with Crippen molar-refractivity contribution >= 4 is 37.1 Å². The van der Waals surface area contributed by atoms with Crippen molar-refractivity contribution in [2.45, 2.75) is 11.4 Å². The first kappa shape index (κ1) is 18.3. The predicted octanol–water partition coefficient (Wildman–Crippen LogP) is 3.54. The van der Waals surface area contributed by atoms with Crippen molar-refractivity contribution in [3.8, 4) is 0 Å². The monoisotopic (exact) mass is 416 g/mol. The van der Waals surface area contributed by atoms with Gasteiger partial charge in [-0.05, 0) is 24.3 Å². The molecule has 6 nitrogen and oxygen atoms in total. The van der Waals surface area contributed by atoms with Crippen molar-refractivity contribution < 1.29 is 17.7 Å². The number of non-ortho nitro benzene ring substituents is 1. The van der Waals surface area contributed by atoms with Crippen LogP contribution in [0.3, 0.4) is 0 Å². The summed E-state index contributed by atoms with van der Waals surface area (Å²) >= 11 is 3.26. The molecular formula is C15H14BrFN2O4S. The van der Waals surface area contributed by atoms with Crippen LogP contribution in [0.2, 0.25) is 0 Å². The number of benzene rings is 2. The van der Waals surface area contributed by atoms with Crippen LogP contribution in [0, 0.1) is 15.9 Å². The van der Waals surface area contributed by atoms with Crippen molar-refractivity contribution in [1.29, 1.82) is 0 Å². The van der Waals surface area contributed by atoms with Crippen LogP contribution in [-0.4, -0.2) is 26.6 Å². The molecule has 0 bridgehead atoms. The molecule has 0 amide bonds. The van der Waals surface area contributed by atoms with Gasteiger partial charge >= 0.3 is 0 Å². The Kier molecular flexibility index (Phi) is 5.24. The largest absolute Gasteiger partial charge is 0.369 e. The summed E-state index contributed by atoms with van der Waals surface area (Å²) in [6, 6.07) is 8.05. The highest BCUT2D eigenvalue weighted by atomic mass is 79.9. The second-order valence-electron chi connectivity index (χ2n) is 5.27. The van der Waals surface area contributed by atoms with Crippen molar-refractivity contribution in [3.05, 3.63) is 62.4 Å². The van der Waals surface area contributed by atoms with Gasteiger partial charge in [-0.25, -0.2) is 12.8 Å². The Morgan fingerprint density at radius 2 is 1.92 bits per heavy atom. The Morgan fingerprint density at radius 3 is 2.50 bits per heavy atom. The zero-order chi connectivity index (χ0) is 18.1. The second kappa shape index (κ2) is 6.86.